The van der Waals surface area contributed by atoms with Crippen molar-refractivity contribution in [1.29, 1.82) is 0 Å². The zero-order chi connectivity index (χ0) is 23.7. The van der Waals surface area contributed by atoms with Gasteiger partial charge in [-0.2, -0.15) is 13.2 Å². The molecule has 1 aromatic heterocycles. The number of pyridine rings is 1. The molecule has 32 heavy (non-hydrogen) atoms. The van der Waals surface area contributed by atoms with Crippen molar-refractivity contribution in [3.8, 4) is 0 Å². The highest BCUT2D eigenvalue weighted by Crippen LogP contribution is 2.30. The second kappa shape index (κ2) is 8.80. The van der Waals surface area contributed by atoms with Crippen LogP contribution in [0.4, 0.5) is 23.7 Å². The van der Waals surface area contributed by atoms with Crippen molar-refractivity contribution in [1.82, 2.24) is 9.88 Å². The number of aromatic nitrogens is 1. The first-order chi connectivity index (χ1) is 14.8. The molecular formula is C23H26F3N3O3. The molecule has 0 saturated heterocycles. The standard InChI is InChI=1S/C23H26F3N3O3/c1-14-12-29(21(31)32-22(2,3)4)13-17-8-16(5-6-19(14)17)20(30)28-18-7-15(10-27-11-18)9-23(24,25)26/h5-8,10-11,14H,9,12-13H2,1-4H3,(H,28,30)/t14-/m0/s1. The molecule has 0 spiro atoms. The van der Waals surface area contributed by atoms with Crippen LogP contribution in [0.15, 0.2) is 36.7 Å². The summed E-state index contributed by atoms with van der Waals surface area (Å²) in [6.45, 7) is 8.20. The van der Waals surface area contributed by atoms with E-state index < -0.39 is 30.2 Å². The Bertz CT molecular complexity index is 1020. The molecule has 6 nitrogen and oxygen atoms in total. The van der Waals surface area contributed by atoms with Crippen molar-refractivity contribution in [2.24, 2.45) is 0 Å². The van der Waals surface area contributed by atoms with Gasteiger partial charge in [0.1, 0.15) is 5.60 Å². The van der Waals surface area contributed by atoms with Gasteiger partial charge in [-0.3, -0.25) is 9.78 Å². The van der Waals surface area contributed by atoms with Gasteiger partial charge in [0, 0.05) is 24.8 Å². The molecule has 3 rings (SSSR count). The van der Waals surface area contributed by atoms with Gasteiger partial charge in [-0.05, 0) is 61.6 Å². The summed E-state index contributed by atoms with van der Waals surface area (Å²) in [6.07, 6.45) is -3.49. The van der Waals surface area contributed by atoms with E-state index in [9.17, 15) is 22.8 Å². The summed E-state index contributed by atoms with van der Waals surface area (Å²) in [4.78, 5) is 30.6. The van der Waals surface area contributed by atoms with Crippen molar-refractivity contribution in [2.45, 2.75) is 58.4 Å². The second-order valence-electron chi connectivity index (χ2n) is 9.00. The minimum absolute atomic E-state index is 0.0393. The maximum absolute atomic E-state index is 12.7. The molecule has 1 aliphatic rings. The van der Waals surface area contributed by atoms with Crippen LogP contribution < -0.4 is 5.32 Å². The third kappa shape index (κ3) is 6.21. The lowest BCUT2D eigenvalue weighted by Crippen LogP contribution is -2.41. The SMILES string of the molecule is C[C@H]1CN(C(=O)OC(C)(C)C)Cc2cc(C(=O)Nc3cncc(CC(F)(F)F)c3)ccc21. The smallest absolute Gasteiger partial charge is 0.410 e. The van der Waals surface area contributed by atoms with Crippen LogP contribution in [0.3, 0.4) is 0 Å². The lowest BCUT2D eigenvalue weighted by atomic mass is 9.90. The quantitative estimate of drug-likeness (QED) is 0.691. The number of hydrogen-bond acceptors (Lipinski definition) is 4. The molecule has 172 valence electrons. The lowest BCUT2D eigenvalue weighted by Gasteiger charge is -2.34. The summed E-state index contributed by atoms with van der Waals surface area (Å²) in [5.41, 5.74) is 1.72. The third-order valence-electron chi connectivity index (χ3n) is 4.90. The van der Waals surface area contributed by atoms with E-state index in [-0.39, 0.29) is 17.2 Å². The number of anilines is 1. The molecule has 1 atom stereocenters. The minimum atomic E-state index is -4.36. The second-order valence-corrected chi connectivity index (χ2v) is 9.00. The number of benzene rings is 1. The normalized spacial score (nSPS) is 16.3. The van der Waals surface area contributed by atoms with E-state index in [1.165, 1.54) is 12.3 Å². The highest BCUT2D eigenvalue weighted by Gasteiger charge is 2.30. The van der Waals surface area contributed by atoms with Gasteiger partial charge >= 0.3 is 12.3 Å². The Morgan fingerprint density at radius 3 is 2.56 bits per heavy atom. The van der Waals surface area contributed by atoms with Gasteiger partial charge in [0.05, 0.1) is 18.3 Å². The van der Waals surface area contributed by atoms with E-state index in [1.807, 2.05) is 13.0 Å². The van der Waals surface area contributed by atoms with Crippen LogP contribution in [0.25, 0.3) is 0 Å². The number of carbonyl (C=O) groups is 2. The van der Waals surface area contributed by atoms with Crippen LogP contribution in [0.5, 0.6) is 0 Å². The van der Waals surface area contributed by atoms with Crippen molar-refractivity contribution < 1.29 is 27.5 Å². The van der Waals surface area contributed by atoms with E-state index in [1.54, 1.807) is 37.8 Å². The van der Waals surface area contributed by atoms with E-state index in [2.05, 4.69) is 10.3 Å². The van der Waals surface area contributed by atoms with E-state index in [0.29, 0.717) is 18.7 Å². The number of hydrogen-bond donors (Lipinski definition) is 1. The molecule has 9 heteroatoms. The Morgan fingerprint density at radius 2 is 1.91 bits per heavy atom. The molecule has 2 aromatic rings. The number of carbonyl (C=O) groups excluding carboxylic acids is 2. The van der Waals surface area contributed by atoms with Gasteiger partial charge < -0.3 is 15.0 Å². The Kier molecular flexibility index (Phi) is 6.48. The number of amides is 2. The van der Waals surface area contributed by atoms with Crippen LogP contribution in [0.2, 0.25) is 0 Å². The van der Waals surface area contributed by atoms with Crippen molar-refractivity contribution in [2.75, 3.05) is 11.9 Å². The Hall–Kier alpha value is -3.10. The maximum Gasteiger partial charge on any atom is 0.410 e. The highest BCUT2D eigenvalue weighted by molar-refractivity contribution is 6.04. The molecule has 2 heterocycles. The maximum atomic E-state index is 12.7. The fraction of sp³-hybridized carbons (Fsp3) is 0.435. The Morgan fingerprint density at radius 1 is 1.19 bits per heavy atom. The van der Waals surface area contributed by atoms with Crippen molar-refractivity contribution in [3.05, 3.63) is 58.9 Å². The zero-order valence-electron chi connectivity index (χ0n) is 18.4. The molecular weight excluding hydrogens is 423 g/mol. The molecule has 1 N–H and O–H groups in total. The molecule has 1 aromatic carbocycles. The summed E-state index contributed by atoms with van der Waals surface area (Å²) in [5, 5.41) is 2.59. The molecule has 0 bridgehead atoms. The largest absolute Gasteiger partial charge is 0.444 e. The predicted octanol–water partition coefficient (Wildman–Crippen LogP) is 5.29. The molecule has 1 aliphatic heterocycles. The summed E-state index contributed by atoms with van der Waals surface area (Å²) in [7, 11) is 0. The van der Waals surface area contributed by atoms with E-state index >= 15 is 0 Å². The third-order valence-corrected chi connectivity index (χ3v) is 4.90. The summed E-state index contributed by atoms with van der Waals surface area (Å²) in [5.74, 6) is -0.410. The van der Waals surface area contributed by atoms with Gasteiger partial charge in [0.25, 0.3) is 5.91 Å². The van der Waals surface area contributed by atoms with Gasteiger partial charge in [-0.1, -0.05) is 13.0 Å². The van der Waals surface area contributed by atoms with Gasteiger partial charge in [0.2, 0.25) is 0 Å². The van der Waals surface area contributed by atoms with E-state index in [4.69, 9.17) is 4.74 Å². The Labute approximate surface area is 184 Å². The number of halogens is 3. The topological polar surface area (TPSA) is 71.5 Å². The number of fused-ring (bicyclic) bond motifs is 1. The minimum Gasteiger partial charge on any atom is -0.444 e. The van der Waals surface area contributed by atoms with Gasteiger partial charge in [0.15, 0.2) is 0 Å². The fourth-order valence-corrected chi connectivity index (χ4v) is 3.62. The van der Waals surface area contributed by atoms with Gasteiger partial charge in [-0.25, -0.2) is 4.79 Å². The summed E-state index contributed by atoms with van der Waals surface area (Å²) >= 11 is 0. The van der Waals surface area contributed by atoms with E-state index in [0.717, 1.165) is 17.3 Å². The highest BCUT2D eigenvalue weighted by atomic mass is 19.4. The van der Waals surface area contributed by atoms with Crippen LogP contribution in [0, 0.1) is 0 Å². The summed E-state index contributed by atoms with van der Waals surface area (Å²) < 4.78 is 43.3. The molecule has 0 aliphatic carbocycles. The first-order valence-electron chi connectivity index (χ1n) is 10.2. The lowest BCUT2D eigenvalue weighted by molar-refractivity contribution is -0.127. The number of nitrogens with zero attached hydrogens (tertiary/aromatic N) is 2. The number of ether oxygens (including phenoxy) is 1. The van der Waals surface area contributed by atoms with Crippen LogP contribution >= 0.6 is 0 Å². The van der Waals surface area contributed by atoms with Gasteiger partial charge in [-0.15, -0.1) is 0 Å². The first kappa shape index (κ1) is 23.6. The predicted molar refractivity (Wildman–Crippen MR) is 113 cm³/mol. The monoisotopic (exact) mass is 449 g/mol. The average Bonchev–Trinajstić information content (AvgIpc) is 2.65. The number of rotatable bonds is 3. The first-order valence-corrected chi connectivity index (χ1v) is 10.2. The molecule has 2 amide bonds. The molecule has 0 saturated carbocycles. The number of alkyl halides is 3. The van der Waals surface area contributed by atoms with Crippen molar-refractivity contribution in [3.63, 3.8) is 0 Å². The molecule has 0 fully saturated rings. The Balaban J connectivity index is 1.76. The molecule has 0 radical (unpaired) electrons. The fourth-order valence-electron chi connectivity index (χ4n) is 3.62. The number of nitrogens with one attached hydrogen (secondary N) is 1. The van der Waals surface area contributed by atoms with Crippen LogP contribution in [0.1, 0.15) is 60.7 Å². The average molecular weight is 449 g/mol. The van der Waals surface area contributed by atoms with Crippen molar-refractivity contribution >= 4 is 17.7 Å². The zero-order valence-corrected chi connectivity index (χ0v) is 18.4. The molecule has 0 unspecified atom stereocenters. The van der Waals surface area contributed by atoms with Crippen LogP contribution in [-0.4, -0.2) is 40.2 Å². The van der Waals surface area contributed by atoms with Crippen LogP contribution in [-0.2, 0) is 17.7 Å². The summed E-state index contributed by atoms with van der Waals surface area (Å²) in [6, 6.07) is 6.47.